The number of thioether (sulfide) groups is 1. The molecule has 0 unspecified atom stereocenters. The van der Waals surface area contributed by atoms with Crippen LogP contribution in [0.4, 0.5) is 5.69 Å². The van der Waals surface area contributed by atoms with Gasteiger partial charge in [-0.25, -0.2) is 0 Å². The van der Waals surface area contributed by atoms with Crippen molar-refractivity contribution in [3.05, 3.63) is 54.2 Å². The van der Waals surface area contributed by atoms with Crippen molar-refractivity contribution in [2.75, 3.05) is 25.2 Å². The van der Waals surface area contributed by atoms with Crippen molar-refractivity contribution in [1.82, 2.24) is 10.1 Å². The molecule has 1 aromatic heterocycles. The van der Waals surface area contributed by atoms with Crippen molar-refractivity contribution in [3.63, 3.8) is 0 Å². The van der Waals surface area contributed by atoms with Gasteiger partial charge in [0.1, 0.15) is 5.69 Å². The Morgan fingerprint density at radius 2 is 1.88 bits per heavy atom. The largest absolute Gasteiger partial charge is 0.356 e. The average molecular weight is 369 g/mol. The van der Waals surface area contributed by atoms with Crippen LogP contribution in [0, 0.1) is 0 Å². The summed E-state index contributed by atoms with van der Waals surface area (Å²) < 4.78 is 5.21. The van der Waals surface area contributed by atoms with Crippen molar-refractivity contribution >= 4 is 40.2 Å². The Bertz CT molecular complexity index is 938. The van der Waals surface area contributed by atoms with Gasteiger partial charge in [0.05, 0.1) is 18.7 Å². The van der Waals surface area contributed by atoms with Crippen LogP contribution >= 0.6 is 11.8 Å². The quantitative estimate of drug-likeness (QED) is 0.676. The molecule has 2 aromatic carbocycles. The highest BCUT2D eigenvalue weighted by Crippen LogP contribution is 2.24. The van der Waals surface area contributed by atoms with Crippen molar-refractivity contribution in [2.24, 2.45) is 0 Å². The number of hydrogen-bond acceptors (Lipinski definition) is 5. The van der Waals surface area contributed by atoms with E-state index in [1.54, 1.807) is 24.9 Å². The van der Waals surface area contributed by atoms with Crippen LogP contribution < -0.4 is 5.32 Å². The fraction of sp³-hybridized carbons (Fsp3) is 0.211. The summed E-state index contributed by atoms with van der Waals surface area (Å²) in [6, 6.07) is 14.9. The summed E-state index contributed by atoms with van der Waals surface area (Å²) in [6.07, 6.45) is 2.03. The Balaban J connectivity index is 1.61. The van der Waals surface area contributed by atoms with Gasteiger partial charge in [-0.2, -0.15) is 0 Å². The van der Waals surface area contributed by atoms with Gasteiger partial charge in [0.25, 0.3) is 0 Å². The molecule has 7 heteroatoms. The maximum Gasteiger partial charge on any atom is 0.244 e. The van der Waals surface area contributed by atoms with E-state index >= 15 is 0 Å². The first-order valence-electron chi connectivity index (χ1n) is 8.08. The number of aromatic nitrogens is 1. The summed E-state index contributed by atoms with van der Waals surface area (Å²) >= 11 is 1.55. The van der Waals surface area contributed by atoms with Crippen molar-refractivity contribution in [1.29, 1.82) is 0 Å². The van der Waals surface area contributed by atoms with Crippen LogP contribution in [0.2, 0.25) is 0 Å². The summed E-state index contributed by atoms with van der Waals surface area (Å²) in [5.74, 6) is -0.440. The standard InChI is InChI=1S/C19H19N3O3S/c1-22(12-18(23)20-14-8-4-6-10-17(14)26-2)19(24)11-15-13-7-3-5-9-16(13)25-21-15/h3-10H,11-12H2,1-2H3,(H,20,23). The summed E-state index contributed by atoms with van der Waals surface area (Å²) in [4.78, 5) is 27.1. The van der Waals surface area contributed by atoms with Gasteiger partial charge in [0.2, 0.25) is 11.8 Å². The SMILES string of the molecule is CSc1ccccc1NC(=O)CN(C)C(=O)Cc1noc2ccccc12. The van der Waals surface area contributed by atoms with Crippen molar-refractivity contribution in [2.45, 2.75) is 11.3 Å². The molecule has 26 heavy (non-hydrogen) atoms. The van der Waals surface area contributed by atoms with Crippen molar-refractivity contribution < 1.29 is 14.1 Å². The Kier molecular flexibility index (Phi) is 5.58. The van der Waals surface area contributed by atoms with Crippen LogP contribution in [0.3, 0.4) is 0 Å². The number of carbonyl (C=O) groups excluding carboxylic acids is 2. The van der Waals surface area contributed by atoms with E-state index in [1.165, 1.54) is 4.90 Å². The Hall–Kier alpha value is -2.80. The van der Waals surface area contributed by atoms with E-state index in [9.17, 15) is 9.59 Å². The Labute approximate surface area is 155 Å². The molecule has 0 bridgehead atoms. The van der Waals surface area contributed by atoms with E-state index in [1.807, 2.05) is 48.7 Å². The third-order valence-corrected chi connectivity index (χ3v) is 4.75. The molecule has 0 saturated heterocycles. The zero-order valence-electron chi connectivity index (χ0n) is 14.6. The van der Waals surface area contributed by atoms with E-state index in [4.69, 9.17) is 4.52 Å². The van der Waals surface area contributed by atoms with Crippen LogP contribution in [-0.2, 0) is 16.0 Å². The number of nitrogens with zero attached hydrogens (tertiary/aromatic N) is 2. The number of hydrogen-bond donors (Lipinski definition) is 1. The number of rotatable bonds is 6. The second kappa shape index (κ2) is 8.05. The topological polar surface area (TPSA) is 75.4 Å². The molecule has 0 aliphatic heterocycles. The Morgan fingerprint density at radius 3 is 2.69 bits per heavy atom. The maximum atomic E-state index is 12.4. The van der Waals surface area contributed by atoms with E-state index in [0.29, 0.717) is 11.3 Å². The maximum absolute atomic E-state index is 12.4. The summed E-state index contributed by atoms with van der Waals surface area (Å²) in [6.45, 7) is -0.0304. The number of likely N-dealkylation sites (N-methyl/N-ethyl adjacent to an activating group) is 1. The zero-order chi connectivity index (χ0) is 18.5. The number of para-hydroxylation sites is 2. The molecule has 2 amide bonds. The third-order valence-electron chi connectivity index (χ3n) is 3.96. The first-order valence-corrected chi connectivity index (χ1v) is 9.31. The summed E-state index contributed by atoms with van der Waals surface area (Å²) in [7, 11) is 1.60. The Morgan fingerprint density at radius 1 is 1.15 bits per heavy atom. The van der Waals surface area contributed by atoms with E-state index < -0.39 is 0 Å². The highest BCUT2D eigenvalue weighted by molar-refractivity contribution is 7.98. The highest BCUT2D eigenvalue weighted by Gasteiger charge is 2.17. The molecule has 1 N–H and O–H groups in total. The molecule has 0 aliphatic rings. The van der Waals surface area contributed by atoms with Gasteiger partial charge in [-0.1, -0.05) is 29.4 Å². The van der Waals surface area contributed by atoms with Gasteiger partial charge in [-0.15, -0.1) is 11.8 Å². The molecule has 1 heterocycles. The molecule has 0 atom stereocenters. The van der Waals surface area contributed by atoms with Crippen molar-refractivity contribution in [3.8, 4) is 0 Å². The minimum atomic E-state index is -0.243. The normalized spacial score (nSPS) is 10.7. The lowest BCUT2D eigenvalue weighted by atomic mass is 10.1. The van der Waals surface area contributed by atoms with Crippen LogP contribution in [0.5, 0.6) is 0 Å². The second-order valence-electron chi connectivity index (χ2n) is 5.80. The molecule has 3 rings (SSSR count). The van der Waals surface area contributed by atoms with Gasteiger partial charge < -0.3 is 14.7 Å². The molecule has 0 radical (unpaired) electrons. The number of carbonyl (C=O) groups is 2. The lowest BCUT2D eigenvalue weighted by molar-refractivity contribution is -0.132. The lowest BCUT2D eigenvalue weighted by Gasteiger charge is -2.17. The minimum Gasteiger partial charge on any atom is -0.356 e. The predicted molar refractivity (Wildman–Crippen MR) is 102 cm³/mol. The molecule has 6 nitrogen and oxygen atoms in total. The van der Waals surface area contributed by atoms with Crippen LogP contribution in [0.15, 0.2) is 57.9 Å². The smallest absolute Gasteiger partial charge is 0.244 e. The third kappa shape index (κ3) is 4.05. The van der Waals surface area contributed by atoms with Gasteiger partial charge in [0.15, 0.2) is 5.58 Å². The molecule has 0 spiro atoms. The van der Waals surface area contributed by atoms with Gasteiger partial charge in [-0.3, -0.25) is 9.59 Å². The fourth-order valence-electron chi connectivity index (χ4n) is 2.59. The molecule has 0 fully saturated rings. The molecular formula is C19H19N3O3S. The van der Waals surface area contributed by atoms with E-state index in [0.717, 1.165) is 16.0 Å². The first kappa shape index (κ1) is 18.0. The number of nitrogens with one attached hydrogen (secondary N) is 1. The monoisotopic (exact) mass is 369 g/mol. The van der Waals surface area contributed by atoms with Gasteiger partial charge in [0, 0.05) is 17.3 Å². The number of anilines is 1. The van der Waals surface area contributed by atoms with E-state index in [-0.39, 0.29) is 24.8 Å². The molecular weight excluding hydrogens is 350 g/mol. The summed E-state index contributed by atoms with van der Waals surface area (Å²) in [5, 5.41) is 7.62. The van der Waals surface area contributed by atoms with Crippen LogP contribution in [0.1, 0.15) is 5.69 Å². The van der Waals surface area contributed by atoms with Gasteiger partial charge >= 0.3 is 0 Å². The van der Waals surface area contributed by atoms with E-state index in [2.05, 4.69) is 10.5 Å². The number of benzene rings is 2. The average Bonchev–Trinajstić information content (AvgIpc) is 3.05. The molecule has 3 aromatic rings. The zero-order valence-corrected chi connectivity index (χ0v) is 15.4. The molecule has 0 aliphatic carbocycles. The predicted octanol–water partition coefficient (Wildman–Crippen LogP) is 3.19. The molecule has 134 valence electrons. The second-order valence-corrected chi connectivity index (χ2v) is 6.65. The fourth-order valence-corrected chi connectivity index (χ4v) is 3.14. The number of amides is 2. The molecule has 0 saturated carbocycles. The highest BCUT2D eigenvalue weighted by atomic mass is 32.2. The van der Waals surface area contributed by atoms with Crippen LogP contribution in [0.25, 0.3) is 11.0 Å². The summed E-state index contributed by atoms with van der Waals surface area (Å²) in [5.41, 5.74) is 1.96. The number of fused-ring (bicyclic) bond motifs is 1. The first-order chi connectivity index (χ1) is 12.6. The van der Waals surface area contributed by atoms with Crippen LogP contribution in [-0.4, -0.2) is 41.7 Å². The lowest BCUT2D eigenvalue weighted by Crippen LogP contribution is -2.36. The minimum absolute atomic E-state index is 0.0304. The van der Waals surface area contributed by atoms with Gasteiger partial charge in [-0.05, 0) is 30.5 Å².